The van der Waals surface area contributed by atoms with Gasteiger partial charge in [0.2, 0.25) is 0 Å². The van der Waals surface area contributed by atoms with E-state index >= 15 is 0 Å². The Hall–Kier alpha value is -6.49. The molecule has 3 heterocycles. The summed E-state index contributed by atoms with van der Waals surface area (Å²) in [6.45, 7) is 0. The van der Waals surface area contributed by atoms with Crippen molar-refractivity contribution in [2.75, 3.05) is 0 Å². The largest absolute Gasteiger partial charge is 0.256 e. The van der Waals surface area contributed by atoms with Crippen LogP contribution in [0.25, 0.3) is 98.0 Å². The molecule has 0 aliphatic rings. The molecule has 0 spiro atoms. The predicted octanol–water partition coefficient (Wildman–Crippen LogP) is 12.9. The maximum Gasteiger partial charge on any atom is 0.160 e. The minimum absolute atomic E-state index is 0.704. The summed E-state index contributed by atoms with van der Waals surface area (Å²) in [5.41, 5.74) is 9.23. The lowest BCUT2D eigenvalue weighted by Gasteiger charge is -2.14. The fraction of sp³-hybridized carbons (Fsp3) is 0. The van der Waals surface area contributed by atoms with Crippen LogP contribution in [0, 0.1) is 0 Å². The molecule has 0 atom stereocenters. The number of nitrogens with zero attached hydrogens (tertiary/aromatic N) is 3. The number of pyridine rings is 1. The van der Waals surface area contributed by atoms with E-state index in [0.29, 0.717) is 5.82 Å². The molecule has 10 rings (SSSR count). The predicted molar refractivity (Wildman–Crippen MR) is 215 cm³/mol. The lowest BCUT2D eigenvalue weighted by Crippen LogP contribution is -1.97. The highest BCUT2D eigenvalue weighted by atomic mass is 32.1. The van der Waals surface area contributed by atoms with Crippen molar-refractivity contribution >= 4 is 53.1 Å². The first kappa shape index (κ1) is 29.4. The Labute approximate surface area is 299 Å². The van der Waals surface area contributed by atoms with E-state index in [1.807, 2.05) is 41.8 Å². The average molecular weight is 668 g/mol. The molecule has 0 N–H and O–H groups in total. The number of hydrogen-bond donors (Lipinski definition) is 0. The molecule has 0 saturated carbocycles. The maximum atomic E-state index is 5.19. The highest BCUT2D eigenvalue weighted by Crippen LogP contribution is 2.42. The van der Waals surface area contributed by atoms with Gasteiger partial charge in [-0.25, -0.2) is 9.97 Å². The molecular formula is C47H29N3S. The monoisotopic (exact) mass is 667 g/mol. The third kappa shape index (κ3) is 5.08. The number of benzene rings is 7. The van der Waals surface area contributed by atoms with Gasteiger partial charge >= 0.3 is 0 Å². The van der Waals surface area contributed by atoms with Crippen LogP contribution in [0.4, 0.5) is 0 Å². The molecule has 3 aromatic heterocycles. The molecule has 7 aromatic carbocycles. The van der Waals surface area contributed by atoms with Gasteiger partial charge in [0.1, 0.15) is 0 Å². The summed E-state index contributed by atoms with van der Waals surface area (Å²) in [5, 5.41) is 7.35. The molecule has 51 heavy (non-hydrogen) atoms. The highest BCUT2D eigenvalue weighted by molar-refractivity contribution is 7.25. The molecule has 0 fully saturated rings. The fourth-order valence-corrected chi connectivity index (χ4v) is 8.49. The van der Waals surface area contributed by atoms with Crippen LogP contribution in [0.15, 0.2) is 176 Å². The van der Waals surface area contributed by atoms with Gasteiger partial charge in [-0.15, -0.1) is 11.3 Å². The van der Waals surface area contributed by atoms with E-state index in [0.717, 1.165) is 50.5 Å². The van der Waals surface area contributed by atoms with E-state index in [1.54, 1.807) is 0 Å². The molecule has 4 heteroatoms. The van der Waals surface area contributed by atoms with Crippen LogP contribution in [0.3, 0.4) is 0 Å². The van der Waals surface area contributed by atoms with Crippen LogP contribution in [0.1, 0.15) is 0 Å². The lowest BCUT2D eigenvalue weighted by atomic mass is 9.94. The number of hydrogen-bond acceptors (Lipinski definition) is 4. The van der Waals surface area contributed by atoms with Gasteiger partial charge in [-0.05, 0) is 57.4 Å². The van der Waals surface area contributed by atoms with Crippen LogP contribution in [-0.2, 0) is 0 Å². The van der Waals surface area contributed by atoms with Gasteiger partial charge < -0.3 is 0 Å². The molecule has 0 aliphatic carbocycles. The standard InChI is InChI=1S/C47H29N3S/c1-2-12-32(13-3-1)47-49-41(29-42(50-47)40-28-33-14-4-5-15-34(33)36-16-6-7-17-37(36)40)31-25-23-30(24-26-31)35-20-11-27-48-46(35)39-19-10-22-44-45(39)38-18-8-9-21-43(38)51-44/h1-29H. The van der Waals surface area contributed by atoms with Crippen molar-refractivity contribution in [2.45, 2.75) is 0 Å². The Balaban J connectivity index is 1.12. The molecule has 0 unspecified atom stereocenters. The molecule has 238 valence electrons. The van der Waals surface area contributed by atoms with Gasteiger partial charge in [0.25, 0.3) is 0 Å². The Morgan fingerprint density at radius 1 is 0.392 bits per heavy atom. The normalized spacial score (nSPS) is 11.5. The molecule has 0 radical (unpaired) electrons. The van der Waals surface area contributed by atoms with Crippen molar-refractivity contribution in [3.8, 4) is 56.3 Å². The van der Waals surface area contributed by atoms with Crippen LogP contribution in [0.2, 0.25) is 0 Å². The summed E-state index contributed by atoms with van der Waals surface area (Å²) in [5.74, 6) is 0.704. The first-order valence-corrected chi connectivity index (χ1v) is 17.9. The van der Waals surface area contributed by atoms with Crippen molar-refractivity contribution in [2.24, 2.45) is 0 Å². The molecule has 10 aromatic rings. The highest BCUT2D eigenvalue weighted by Gasteiger charge is 2.17. The zero-order chi connectivity index (χ0) is 33.7. The fourth-order valence-electron chi connectivity index (χ4n) is 7.36. The van der Waals surface area contributed by atoms with E-state index in [4.69, 9.17) is 15.0 Å². The summed E-state index contributed by atoms with van der Waals surface area (Å²) in [4.78, 5) is 15.3. The van der Waals surface area contributed by atoms with Crippen LogP contribution < -0.4 is 0 Å². The minimum atomic E-state index is 0.704. The summed E-state index contributed by atoms with van der Waals surface area (Å²) in [7, 11) is 0. The first-order chi connectivity index (χ1) is 25.3. The third-order valence-corrected chi connectivity index (χ3v) is 10.9. The van der Waals surface area contributed by atoms with Gasteiger partial charge in [0.15, 0.2) is 5.82 Å². The molecular weight excluding hydrogens is 639 g/mol. The second-order valence-electron chi connectivity index (χ2n) is 12.8. The zero-order valence-electron chi connectivity index (χ0n) is 27.5. The van der Waals surface area contributed by atoms with E-state index in [1.165, 1.54) is 41.7 Å². The van der Waals surface area contributed by atoms with Gasteiger partial charge in [-0.2, -0.15) is 0 Å². The van der Waals surface area contributed by atoms with Crippen molar-refractivity contribution < 1.29 is 0 Å². The van der Waals surface area contributed by atoms with Gasteiger partial charge in [0.05, 0.1) is 17.1 Å². The van der Waals surface area contributed by atoms with Crippen molar-refractivity contribution in [1.82, 2.24) is 15.0 Å². The Bertz CT molecular complexity index is 2910. The average Bonchev–Trinajstić information content (AvgIpc) is 3.60. The smallest absolute Gasteiger partial charge is 0.160 e. The molecule has 0 aliphatic heterocycles. The van der Waals surface area contributed by atoms with Crippen molar-refractivity contribution in [3.05, 3.63) is 176 Å². The Morgan fingerprint density at radius 3 is 1.92 bits per heavy atom. The van der Waals surface area contributed by atoms with Gasteiger partial charge in [0, 0.05) is 54.2 Å². The Morgan fingerprint density at radius 2 is 1.06 bits per heavy atom. The summed E-state index contributed by atoms with van der Waals surface area (Å²) >= 11 is 1.83. The lowest BCUT2D eigenvalue weighted by molar-refractivity contribution is 1.19. The summed E-state index contributed by atoms with van der Waals surface area (Å²) < 4.78 is 2.56. The maximum absolute atomic E-state index is 5.19. The quantitative estimate of drug-likeness (QED) is 0.171. The molecule has 0 saturated heterocycles. The Kier molecular flexibility index (Phi) is 7.00. The van der Waals surface area contributed by atoms with Crippen LogP contribution in [-0.4, -0.2) is 15.0 Å². The summed E-state index contributed by atoms with van der Waals surface area (Å²) in [6, 6.07) is 60.0. The summed E-state index contributed by atoms with van der Waals surface area (Å²) in [6.07, 6.45) is 1.89. The van der Waals surface area contributed by atoms with E-state index < -0.39 is 0 Å². The van der Waals surface area contributed by atoms with Crippen LogP contribution >= 0.6 is 11.3 Å². The van der Waals surface area contributed by atoms with E-state index in [-0.39, 0.29) is 0 Å². The third-order valence-electron chi connectivity index (χ3n) is 9.76. The van der Waals surface area contributed by atoms with Crippen molar-refractivity contribution in [1.29, 1.82) is 0 Å². The number of aromatic nitrogens is 3. The number of rotatable bonds is 5. The van der Waals surface area contributed by atoms with Gasteiger partial charge in [-0.1, -0.05) is 140 Å². The zero-order valence-corrected chi connectivity index (χ0v) is 28.3. The topological polar surface area (TPSA) is 38.7 Å². The molecule has 0 bridgehead atoms. The second-order valence-corrected chi connectivity index (χ2v) is 13.9. The number of fused-ring (bicyclic) bond motifs is 6. The van der Waals surface area contributed by atoms with E-state index in [9.17, 15) is 0 Å². The second kappa shape index (κ2) is 12.1. The molecule has 0 amide bonds. The molecule has 3 nitrogen and oxygen atoms in total. The first-order valence-electron chi connectivity index (χ1n) is 17.1. The van der Waals surface area contributed by atoms with Crippen LogP contribution in [0.5, 0.6) is 0 Å². The number of thiophene rings is 1. The minimum Gasteiger partial charge on any atom is -0.256 e. The van der Waals surface area contributed by atoms with Gasteiger partial charge in [-0.3, -0.25) is 4.98 Å². The van der Waals surface area contributed by atoms with Crippen molar-refractivity contribution in [3.63, 3.8) is 0 Å². The van der Waals surface area contributed by atoms with E-state index in [2.05, 4.69) is 146 Å². The SMILES string of the molecule is c1ccc(-c2nc(-c3ccc(-c4cccnc4-c4cccc5sc6ccccc6c45)cc3)cc(-c3cc4ccccc4c4ccccc34)n2)cc1.